The van der Waals surface area contributed by atoms with E-state index < -0.39 is 5.60 Å². The van der Waals surface area contributed by atoms with Gasteiger partial charge in [-0.3, -0.25) is 4.79 Å². The molecule has 3 rings (SSSR count). The number of nitrogens with one attached hydrogen (secondary N) is 1. The lowest BCUT2D eigenvalue weighted by atomic mass is 9.84. The Kier molecular flexibility index (Phi) is 7.01. The summed E-state index contributed by atoms with van der Waals surface area (Å²) in [6, 6.07) is 12.4. The van der Waals surface area contributed by atoms with Crippen molar-refractivity contribution in [2.45, 2.75) is 39.2 Å². The third-order valence-electron chi connectivity index (χ3n) is 4.78. The van der Waals surface area contributed by atoms with Crippen LogP contribution in [0.1, 0.15) is 37.8 Å². The van der Waals surface area contributed by atoms with E-state index in [-0.39, 0.29) is 0 Å². The smallest absolute Gasteiger partial charge is 0.293 e. The van der Waals surface area contributed by atoms with Crippen LogP contribution in [0.3, 0.4) is 0 Å². The molecule has 1 aromatic carbocycles. The van der Waals surface area contributed by atoms with Crippen molar-refractivity contribution in [3.63, 3.8) is 0 Å². The Balaban J connectivity index is 0.00000117. The first-order valence-corrected chi connectivity index (χ1v) is 9.25. The lowest BCUT2D eigenvalue weighted by Gasteiger charge is -2.42. The van der Waals surface area contributed by atoms with Gasteiger partial charge in [0.15, 0.2) is 0 Å². The summed E-state index contributed by atoms with van der Waals surface area (Å²) in [4.78, 5) is 17.9. The van der Waals surface area contributed by atoms with Gasteiger partial charge in [0.2, 0.25) is 0 Å². The zero-order valence-corrected chi connectivity index (χ0v) is 16.2. The van der Waals surface area contributed by atoms with Gasteiger partial charge in [-0.2, -0.15) is 0 Å². The second kappa shape index (κ2) is 9.22. The van der Waals surface area contributed by atoms with Crippen molar-refractivity contribution >= 4 is 18.0 Å². The summed E-state index contributed by atoms with van der Waals surface area (Å²) in [5.74, 6) is 0.767. The number of benzene rings is 1. The summed E-state index contributed by atoms with van der Waals surface area (Å²) in [6.07, 6.45) is 3.21. The molecule has 0 atom stereocenters. The number of carbonyl (C=O) groups is 1. The minimum Gasteiger partial charge on any atom is -0.456 e. The van der Waals surface area contributed by atoms with E-state index in [2.05, 4.69) is 46.4 Å². The van der Waals surface area contributed by atoms with Crippen molar-refractivity contribution in [3.8, 4) is 0 Å². The molecule has 1 N–H and O–H groups in total. The van der Waals surface area contributed by atoms with Crippen molar-refractivity contribution in [1.82, 2.24) is 4.98 Å². The topological polar surface area (TPSA) is 54.5 Å². The SMILES string of the molecule is CC.CNc1ncccc1C1(OC=O)CCN(c2ccc(C)cc2)CC1. The van der Waals surface area contributed by atoms with Crippen LogP contribution in [0.25, 0.3) is 0 Å². The average molecular weight is 355 g/mol. The van der Waals surface area contributed by atoms with Crippen LogP contribution in [0.2, 0.25) is 0 Å². The van der Waals surface area contributed by atoms with Crippen LogP contribution in [0, 0.1) is 6.92 Å². The highest BCUT2D eigenvalue weighted by Gasteiger charge is 2.40. The Morgan fingerprint density at radius 2 is 1.81 bits per heavy atom. The zero-order chi connectivity index (χ0) is 19.0. The number of aryl methyl sites for hydroxylation is 1. The Morgan fingerprint density at radius 1 is 1.15 bits per heavy atom. The summed E-state index contributed by atoms with van der Waals surface area (Å²) in [6.45, 7) is 8.31. The Bertz CT molecular complexity index is 693. The Morgan fingerprint density at radius 3 is 2.38 bits per heavy atom. The van der Waals surface area contributed by atoms with Gasteiger partial charge < -0.3 is 15.0 Å². The van der Waals surface area contributed by atoms with Gasteiger partial charge in [0.1, 0.15) is 11.4 Å². The lowest BCUT2D eigenvalue weighted by molar-refractivity contribution is -0.147. The van der Waals surface area contributed by atoms with Gasteiger partial charge >= 0.3 is 0 Å². The lowest BCUT2D eigenvalue weighted by Crippen LogP contribution is -2.44. The Labute approximate surface area is 156 Å². The summed E-state index contributed by atoms with van der Waals surface area (Å²) in [5.41, 5.74) is 2.79. The van der Waals surface area contributed by atoms with E-state index in [0.717, 1.165) is 37.3 Å². The summed E-state index contributed by atoms with van der Waals surface area (Å²) >= 11 is 0. The second-order valence-electron chi connectivity index (χ2n) is 6.18. The van der Waals surface area contributed by atoms with Gasteiger partial charge in [-0.15, -0.1) is 0 Å². The fourth-order valence-corrected chi connectivity index (χ4v) is 3.40. The fraction of sp³-hybridized carbons (Fsp3) is 0.429. The van der Waals surface area contributed by atoms with Crippen molar-refractivity contribution in [3.05, 3.63) is 53.7 Å². The molecule has 1 saturated heterocycles. The molecule has 0 saturated carbocycles. The molecule has 1 fully saturated rings. The number of hydrogen-bond donors (Lipinski definition) is 1. The maximum Gasteiger partial charge on any atom is 0.293 e. The van der Waals surface area contributed by atoms with Crippen molar-refractivity contribution in [2.75, 3.05) is 30.4 Å². The molecule has 0 bridgehead atoms. The van der Waals surface area contributed by atoms with Crippen LogP contribution in [0.5, 0.6) is 0 Å². The monoisotopic (exact) mass is 355 g/mol. The van der Waals surface area contributed by atoms with Gasteiger partial charge in [0.05, 0.1) is 0 Å². The van der Waals surface area contributed by atoms with Gasteiger partial charge in [0.25, 0.3) is 6.47 Å². The number of pyridine rings is 1. The standard InChI is InChI=1S/C19H23N3O2.C2H6/c1-15-5-7-16(8-6-15)22-12-9-19(10-13-22,24-14-23)17-4-3-11-21-18(17)20-2;1-2/h3-8,11,14H,9-10,12-13H2,1-2H3,(H,20,21);1-2H3. The molecule has 140 valence electrons. The van der Waals surface area contributed by atoms with Crippen LogP contribution < -0.4 is 10.2 Å². The van der Waals surface area contributed by atoms with Crippen molar-refractivity contribution in [2.24, 2.45) is 0 Å². The molecule has 5 heteroatoms. The predicted molar refractivity (Wildman–Crippen MR) is 107 cm³/mol. The largest absolute Gasteiger partial charge is 0.456 e. The van der Waals surface area contributed by atoms with Crippen LogP contribution in [-0.2, 0) is 15.1 Å². The van der Waals surface area contributed by atoms with E-state index in [1.165, 1.54) is 11.3 Å². The number of rotatable bonds is 5. The first-order valence-electron chi connectivity index (χ1n) is 9.25. The first kappa shape index (κ1) is 19.8. The summed E-state index contributed by atoms with van der Waals surface area (Å²) < 4.78 is 5.62. The van der Waals surface area contributed by atoms with E-state index in [1.54, 1.807) is 6.20 Å². The molecule has 26 heavy (non-hydrogen) atoms. The van der Waals surface area contributed by atoms with Crippen molar-refractivity contribution < 1.29 is 9.53 Å². The Hall–Kier alpha value is -2.56. The molecule has 0 unspecified atom stereocenters. The van der Waals surface area contributed by atoms with Crippen molar-refractivity contribution in [1.29, 1.82) is 0 Å². The molecule has 1 aliphatic rings. The van der Waals surface area contributed by atoms with Gasteiger partial charge in [-0.1, -0.05) is 31.5 Å². The molecule has 0 spiro atoms. The molecular weight excluding hydrogens is 326 g/mol. The number of piperidine rings is 1. The predicted octanol–water partition coefficient (Wildman–Crippen LogP) is 4.13. The summed E-state index contributed by atoms with van der Waals surface area (Å²) in [7, 11) is 1.84. The normalized spacial score (nSPS) is 15.5. The van der Waals surface area contributed by atoms with E-state index in [0.29, 0.717) is 6.47 Å². The van der Waals surface area contributed by atoms with Crippen LogP contribution in [0.4, 0.5) is 11.5 Å². The molecule has 1 aliphatic heterocycles. The number of hydrogen-bond acceptors (Lipinski definition) is 5. The highest BCUT2D eigenvalue weighted by Crippen LogP contribution is 2.40. The molecule has 0 radical (unpaired) electrons. The van der Waals surface area contributed by atoms with Crippen LogP contribution in [0.15, 0.2) is 42.6 Å². The maximum atomic E-state index is 11.2. The van der Waals surface area contributed by atoms with E-state index in [4.69, 9.17) is 4.74 Å². The zero-order valence-electron chi connectivity index (χ0n) is 16.2. The first-order chi connectivity index (χ1) is 12.7. The minimum atomic E-state index is -0.616. The number of carbonyl (C=O) groups excluding carboxylic acids is 1. The van der Waals surface area contributed by atoms with E-state index in [9.17, 15) is 4.79 Å². The number of anilines is 2. The number of nitrogens with zero attached hydrogens (tertiary/aromatic N) is 2. The molecule has 2 aromatic rings. The van der Waals surface area contributed by atoms with Gasteiger partial charge in [-0.25, -0.2) is 4.98 Å². The summed E-state index contributed by atoms with van der Waals surface area (Å²) in [5, 5.41) is 3.10. The third kappa shape index (κ3) is 4.15. The highest BCUT2D eigenvalue weighted by molar-refractivity contribution is 5.52. The quantitative estimate of drug-likeness (QED) is 0.818. The number of aromatic nitrogens is 1. The molecule has 0 aliphatic carbocycles. The van der Waals surface area contributed by atoms with E-state index >= 15 is 0 Å². The maximum absolute atomic E-state index is 11.2. The molecule has 0 amide bonds. The van der Waals surface area contributed by atoms with Crippen LogP contribution >= 0.6 is 0 Å². The highest BCUT2D eigenvalue weighted by atomic mass is 16.5. The van der Waals surface area contributed by atoms with E-state index in [1.807, 2.05) is 33.0 Å². The third-order valence-corrected chi connectivity index (χ3v) is 4.78. The number of ether oxygens (including phenoxy) is 1. The molecule has 2 heterocycles. The molecular formula is C21H29N3O2. The van der Waals surface area contributed by atoms with Gasteiger partial charge in [0, 0.05) is 50.4 Å². The average Bonchev–Trinajstić information content (AvgIpc) is 2.71. The molecule has 5 nitrogen and oxygen atoms in total. The van der Waals surface area contributed by atoms with Gasteiger partial charge in [-0.05, 0) is 31.2 Å². The molecule has 1 aromatic heterocycles. The fourth-order valence-electron chi connectivity index (χ4n) is 3.40. The minimum absolute atomic E-state index is 0.563. The van der Waals surface area contributed by atoms with Crippen LogP contribution in [-0.4, -0.2) is 31.6 Å². The second-order valence-corrected chi connectivity index (χ2v) is 6.18.